The van der Waals surface area contributed by atoms with Gasteiger partial charge in [0.2, 0.25) is 0 Å². The van der Waals surface area contributed by atoms with Crippen molar-refractivity contribution >= 4 is 17.7 Å². The number of hydrogen-bond donors (Lipinski definition) is 2. The van der Waals surface area contributed by atoms with Crippen LogP contribution in [0.15, 0.2) is 18.2 Å². The van der Waals surface area contributed by atoms with Crippen LogP contribution in [0, 0.1) is 5.82 Å². The molecule has 1 aliphatic rings. The van der Waals surface area contributed by atoms with Gasteiger partial charge < -0.3 is 0 Å². The van der Waals surface area contributed by atoms with E-state index in [2.05, 4.69) is 10.3 Å². The van der Waals surface area contributed by atoms with Gasteiger partial charge in [0, 0.05) is 29.5 Å². The van der Waals surface area contributed by atoms with Crippen molar-refractivity contribution in [2.45, 2.75) is 19.0 Å². The van der Waals surface area contributed by atoms with Crippen molar-refractivity contribution in [2.75, 3.05) is 18.6 Å². The highest BCUT2D eigenvalue weighted by molar-refractivity contribution is 7.99. The van der Waals surface area contributed by atoms with Crippen molar-refractivity contribution in [3.05, 3.63) is 35.1 Å². The molecule has 0 saturated carbocycles. The third kappa shape index (κ3) is 3.46. The van der Waals surface area contributed by atoms with Gasteiger partial charge in [-0.2, -0.15) is 11.8 Å². The van der Waals surface area contributed by atoms with Gasteiger partial charge in [-0.3, -0.25) is 15.1 Å². The Hall–Kier alpha value is -1.11. The van der Waals surface area contributed by atoms with Crippen LogP contribution in [0.1, 0.15) is 22.3 Å². The van der Waals surface area contributed by atoms with Crippen LogP contribution >= 0.6 is 11.8 Å². The predicted molar refractivity (Wildman–Crippen MR) is 75.3 cm³/mol. The first-order valence-electron chi connectivity index (χ1n) is 6.19. The van der Waals surface area contributed by atoms with E-state index < -0.39 is 5.91 Å². The van der Waals surface area contributed by atoms with E-state index in [1.165, 1.54) is 12.1 Å². The van der Waals surface area contributed by atoms with Crippen molar-refractivity contribution in [1.29, 1.82) is 0 Å². The number of nitrogens with one attached hydrogen (secondary N) is 1. The summed E-state index contributed by atoms with van der Waals surface area (Å²) in [5.41, 5.74) is 2.97. The van der Waals surface area contributed by atoms with Crippen molar-refractivity contribution in [1.82, 2.24) is 10.3 Å². The van der Waals surface area contributed by atoms with Gasteiger partial charge in [-0.15, -0.1) is 0 Å². The van der Waals surface area contributed by atoms with Crippen molar-refractivity contribution in [2.24, 2.45) is 5.84 Å². The number of rotatable bonds is 4. The third-order valence-electron chi connectivity index (χ3n) is 3.39. The molecule has 1 atom stereocenters. The summed E-state index contributed by atoms with van der Waals surface area (Å²) < 4.78 is 13.8. The molecule has 6 heteroatoms. The Morgan fingerprint density at radius 1 is 1.63 bits per heavy atom. The summed E-state index contributed by atoms with van der Waals surface area (Å²) in [5, 5.41) is 0. The number of amides is 1. The fourth-order valence-corrected chi connectivity index (χ4v) is 3.49. The number of thioether (sulfide) groups is 1. The maximum atomic E-state index is 13.8. The van der Waals surface area contributed by atoms with Crippen LogP contribution < -0.4 is 11.3 Å². The summed E-state index contributed by atoms with van der Waals surface area (Å²) in [5.74, 6) is 6.64. The van der Waals surface area contributed by atoms with E-state index in [0.717, 1.165) is 17.9 Å². The zero-order valence-corrected chi connectivity index (χ0v) is 11.7. The Balaban J connectivity index is 2.12. The zero-order chi connectivity index (χ0) is 13.8. The number of carbonyl (C=O) groups is 1. The molecule has 0 aliphatic carbocycles. The minimum absolute atomic E-state index is 0.286. The lowest BCUT2D eigenvalue weighted by atomic mass is 10.1. The minimum atomic E-state index is -0.402. The number of carbonyl (C=O) groups excluding carboxylic acids is 1. The second-order valence-electron chi connectivity index (χ2n) is 4.71. The Labute approximate surface area is 116 Å². The van der Waals surface area contributed by atoms with Gasteiger partial charge in [-0.05, 0) is 37.4 Å². The van der Waals surface area contributed by atoms with Crippen molar-refractivity contribution in [3.63, 3.8) is 0 Å². The summed E-state index contributed by atoms with van der Waals surface area (Å²) in [4.78, 5) is 13.6. The maximum Gasteiger partial charge on any atom is 0.265 e. The molecule has 1 saturated heterocycles. The average molecular weight is 283 g/mol. The van der Waals surface area contributed by atoms with E-state index in [9.17, 15) is 9.18 Å². The average Bonchev–Trinajstić information content (AvgIpc) is 2.94. The van der Waals surface area contributed by atoms with Gasteiger partial charge in [-0.25, -0.2) is 10.2 Å². The standard InChI is InChI=1S/C13H18FN3OS/c1-17(11-4-5-19-8-11)7-10-6-9(13(18)16-15)2-3-12(10)14/h2-3,6,11H,4-5,7-8,15H2,1H3,(H,16,18). The van der Waals surface area contributed by atoms with E-state index >= 15 is 0 Å². The second kappa shape index (κ2) is 6.36. The molecule has 1 aromatic carbocycles. The lowest BCUT2D eigenvalue weighted by molar-refractivity contribution is 0.0953. The largest absolute Gasteiger partial charge is 0.298 e. The number of nitrogens with zero attached hydrogens (tertiary/aromatic N) is 1. The predicted octanol–water partition coefficient (Wildman–Crippen LogP) is 1.37. The third-order valence-corrected chi connectivity index (χ3v) is 4.53. The van der Waals surface area contributed by atoms with Gasteiger partial charge in [0.15, 0.2) is 0 Å². The van der Waals surface area contributed by atoms with Crippen LogP contribution in [0.5, 0.6) is 0 Å². The number of nitrogens with two attached hydrogens (primary N) is 1. The Morgan fingerprint density at radius 2 is 2.42 bits per heavy atom. The van der Waals surface area contributed by atoms with E-state index in [1.54, 1.807) is 6.07 Å². The zero-order valence-electron chi connectivity index (χ0n) is 10.9. The van der Waals surface area contributed by atoms with Gasteiger partial charge >= 0.3 is 0 Å². The molecular weight excluding hydrogens is 265 g/mol. The van der Waals surface area contributed by atoms with E-state index in [0.29, 0.717) is 23.7 Å². The number of hydrazine groups is 1. The summed E-state index contributed by atoms with van der Waals surface area (Å²) in [7, 11) is 1.99. The Morgan fingerprint density at radius 3 is 3.05 bits per heavy atom. The summed E-state index contributed by atoms with van der Waals surface area (Å²) >= 11 is 1.92. The van der Waals surface area contributed by atoms with Gasteiger partial charge in [0.25, 0.3) is 5.91 Å². The molecule has 0 bridgehead atoms. The first-order valence-corrected chi connectivity index (χ1v) is 7.34. The molecule has 0 aromatic heterocycles. The van der Waals surface area contributed by atoms with Crippen molar-refractivity contribution < 1.29 is 9.18 Å². The van der Waals surface area contributed by atoms with Crippen LogP contribution in [-0.2, 0) is 6.54 Å². The first kappa shape index (κ1) is 14.3. The fraction of sp³-hybridized carbons (Fsp3) is 0.462. The van der Waals surface area contributed by atoms with Crippen LogP contribution in [0.4, 0.5) is 4.39 Å². The molecule has 1 unspecified atom stereocenters. The summed E-state index contributed by atoms with van der Waals surface area (Å²) in [6.07, 6.45) is 1.13. The van der Waals surface area contributed by atoms with Gasteiger partial charge in [0.1, 0.15) is 5.82 Å². The molecule has 1 fully saturated rings. The molecule has 1 aliphatic heterocycles. The molecule has 1 aromatic rings. The minimum Gasteiger partial charge on any atom is -0.298 e. The maximum absolute atomic E-state index is 13.8. The topological polar surface area (TPSA) is 58.4 Å². The highest BCUT2D eigenvalue weighted by Gasteiger charge is 2.21. The molecule has 0 spiro atoms. The molecule has 1 amide bonds. The van der Waals surface area contributed by atoms with Crippen molar-refractivity contribution in [3.8, 4) is 0 Å². The quantitative estimate of drug-likeness (QED) is 0.498. The molecule has 1 heterocycles. The number of benzene rings is 1. The van der Waals surface area contributed by atoms with Crippen LogP contribution in [0.25, 0.3) is 0 Å². The molecule has 3 N–H and O–H groups in total. The SMILES string of the molecule is CN(Cc1cc(C(=O)NN)ccc1F)C1CCSC1. The smallest absolute Gasteiger partial charge is 0.265 e. The number of nitrogen functional groups attached to an aromatic ring is 1. The first-order chi connectivity index (χ1) is 9.11. The Bertz CT molecular complexity index is 463. The van der Waals surface area contributed by atoms with Gasteiger partial charge in [-0.1, -0.05) is 0 Å². The second-order valence-corrected chi connectivity index (χ2v) is 5.86. The number of halogens is 1. The fourth-order valence-electron chi connectivity index (χ4n) is 2.19. The number of hydrogen-bond acceptors (Lipinski definition) is 4. The van der Waals surface area contributed by atoms with E-state index in [1.807, 2.05) is 18.8 Å². The molecule has 104 valence electrons. The summed E-state index contributed by atoms with van der Waals surface area (Å²) in [6.45, 7) is 0.503. The highest BCUT2D eigenvalue weighted by atomic mass is 32.2. The molecular formula is C13H18FN3OS. The molecule has 19 heavy (non-hydrogen) atoms. The highest BCUT2D eigenvalue weighted by Crippen LogP contribution is 2.23. The normalized spacial score (nSPS) is 18.8. The Kier molecular flexibility index (Phi) is 4.79. The molecule has 4 nitrogen and oxygen atoms in total. The molecule has 0 radical (unpaired) electrons. The van der Waals surface area contributed by atoms with Crippen LogP contribution in [0.2, 0.25) is 0 Å². The van der Waals surface area contributed by atoms with E-state index in [4.69, 9.17) is 5.84 Å². The lowest BCUT2D eigenvalue weighted by Crippen LogP contribution is -2.32. The van der Waals surface area contributed by atoms with Crippen LogP contribution in [-0.4, -0.2) is 35.4 Å². The van der Waals surface area contributed by atoms with Gasteiger partial charge in [0.05, 0.1) is 0 Å². The molecule has 2 rings (SSSR count). The monoisotopic (exact) mass is 283 g/mol. The van der Waals surface area contributed by atoms with E-state index in [-0.39, 0.29) is 5.82 Å². The summed E-state index contributed by atoms with van der Waals surface area (Å²) in [6, 6.07) is 4.80. The lowest BCUT2D eigenvalue weighted by Gasteiger charge is -2.23. The van der Waals surface area contributed by atoms with Crippen LogP contribution in [0.3, 0.4) is 0 Å².